The van der Waals surface area contributed by atoms with Crippen LogP contribution in [-0.2, 0) is 10.0 Å². The Morgan fingerprint density at radius 2 is 2.00 bits per heavy atom. The topological polar surface area (TPSA) is 72.2 Å². The first-order valence-electron chi connectivity index (χ1n) is 4.23. The van der Waals surface area contributed by atoms with Gasteiger partial charge in [0.1, 0.15) is 0 Å². The summed E-state index contributed by atoms with van der Waals surface area (Å²) in [5.41, 5.74) is 5.16. The molecule has 4 nitrogen and oxygen atoms in total. The van der Waals surface area contributed by atoms with Gasteiger partial charge in [-0.2, -0.15) is 8.78 Å². The molecule has 2 atom stereocenters. The second-order valence-electron chi connectivity index (χ2n) is 4.14. The predicted molar refractivity (Wildman–Crippen MR) is 48.2 cm³/mol. The average Bonchev–Trinajstić information content (AvgIpc) is 2.03. The lowest BCUT2D eigenvalue weighted by Gasteiger charge is -2.50. The Labute approximate surface area is 81.9 Å². The normalized spacial score (nSPS) is 31.6. The molecule has 0 bridgehead atoms. The maximum Gasteiger partial charge on any atom is 0.350 e. The molecule has 84 valence electrons. The van der Waals surface area contributed by atoms with Crippen molar-refractivity contribution in [1.82, 2.24) is 4.72 Å². The molecule has 0 saturated heterocycles. The van der Waals surface area contributed by atoms with Crippen molar-refractivity contribution in [2.75, 3.05) is 0 Å². The van der Waals surface area contributed by atoms with Crippen LogP contribution < -0.4 is 10.5 Å². The average molecular weight is 228 g/mol. The van der Waals surface area contributed by atoms with Crippen molar-refractivity contribution in [3.8, 4) is 0 Å². The molecular weight excluding hydrogens is 214 g/mol. The lowest BCUT2D eigenvalue weighted by atomic mass is 9.64. The highest BCUT2D eigenvalue weighted by Crippen LogP contribution is 2.39. The maximum atomic E-state index is 12.0. The molecule has 2 unspecified atom stereocenters. The number of hydrogen-bond donors (Lipinski definition) is 2. The van der Waals surface area contributed by atoms with E-state index in [2.05, 4.69) is 0 Å². The first-order chi connectivity index (χ1) is 6.18. The van der Waals surface area contributed by atoms with Gasteiger partial charge in [-0.25, -0.2) is 13.1 Å². The number of nitrogens with two attached hydrogens (primary N) is 1. The zero-order valence-electron chi connectivity index (χ0n) is 8.00. The van der Waals surface area contributed by atoms with E-state index in [1.165, 1.54) is 0 Å². The third-order valence-corrected chi connectivity index (χ3v) is 3.97. The molecule has 7 heteroatoms. The molecule has 0 spiro atoms. The molecule has 1 rings (SSSR count). The molecule has 0 aromatic heterocycles. The summed E-state index contributed by atoms with van der Waals surface area (Å²) in [5, 5.41) is 0. The van der Waals surface area contributed by atoms with E-state index in [1.807, 2.05) is 4.72 Å². The van der Waals surface area contributed by atoms with Crippen molar-refractivity contribution in [1.29, 1.82) is 0 Å². The van der Waals surface area contributed by atoms with Crippen LogP contribution in [0, 0.1) is 5.41 Å². The molecule has 0 heterocycles. The van der Waals surface area contributed by atoms with Gasteiger partial charge in [-0.3, -0.25) is 0 Å². The van der Waals surface area contributed by atoms with Gasteiger partial charge in [0.2, 0.25) is 0 Å². The van der Waals surface area contributed by atoms with Crippen LogP contribution in [0.2, 0.25) is 0 Å². The van der Waals surface area contributed by atoms with Crippen LogP contribution in [0.3, 0.4) is 0 Å². The molecule has 0 aromatic rings. The van der Waals surface area contributed by atoms with Gasteiger partial charge in [0.25, 0.3) is 10.0 Å². The fraction of sp³-hybridized carbons (Fsp3) is 1.00. The molecule has 0 aliphatic heterocycles. The SMILES string of the molecule is CC1(C)C(N)CC1NS(=O)(=O)C(F)F. The highest BCUT2D eigenvalue weighted by molar-refractivity contribution is 7.89. The van der Waals surface area contributed by atoms with Crippen molar-refractivity contribution in [2.24, 2.45) is 11.1 Å². The van der Waals surface area contributed by atoms with Crippen LogP contribution in [0.15, 0.2) is 0 Å². The molecule has 0 aromatic carbocycles. The summed E-state index contributed by atoms with van der Waals surface area (Å²) in [5.74, 6) is -3.38. The second kappa shape index (κ2) is 3.39. The van der Waals surface area contributed by atoms with Crippen LogP contribution in [-0.4, -0.2) is 26.3 Å². The van der Waals surface area contributed by atoms with E-state index < -0.39 is 27.2 Å². The molecule has 1 saturated carbocycles. The first-order valence-corrected chi connectivity index (χ1v) is 5.77. The molecule has 0 amide bonds. The van der Waals surface area contributed by atoms with Gasteiger partial charge in [0, 0.05) is 12.1 Å². The molecule has 3 N–H and O–H groups in total. The zero-order valence-corrected chi connectivity index (χ0v) is 8.81. The van der Waals surface area contributed by atoms with Gasteiger partial charge in [-0.1, -0.05) is 13.8 Å². The summed E-state index contributed by atoms with van der Waals surface area (Å²) < 4.78 is 47.6. The van der Waals surface area contributed by atoms with Crippen molar-refractivity contribution in [3.05, 3.63) is 0 Å². The number of nitrogens with one attached hydrogen (secondary N) is 1. The van der Waals surface area contributed by atoms with Crippen LogP contribution in [0.4, 0.5) is 8.78 Å². The number of halogens is 2. The molecule has 14 heavy (non-hydrogen) atoms. The van der Waals surface area contributed by atoms with Gasteiger partial charge in [0.15, 0.2) is 0 Å². The Hall–Kier alpha value is -0.270. The predicted octanol–water partition coefficient (Wildman–Crippen LogP) is 0.254. The van der Waals surface area contributed by atoms with Gasteiger partial charge < -0.3 is 5.73 Å². The van der Waals surface area contributed by atoms with E-state index >= 15 is 0 Å². The Morgan fingerprint density at radius 3 is 2.29 bits per heavy atom. The lowest BCUT2D eigenvalue weighted by molar-refractivity contribution is 0.0881. The fourth-order valence-corrected chi connectivity index (χ4v) is 2.31. The maximum absolute atomic E-state index is 12.0. The van der Waals surface area contributed by atoms with E-state index in [9.17, 15) is 17.2 Å². The Balaban J connectivity index is 2.65. The number of sulfonamides is 1. The van der Waals surface area contributed by atoms with Crippen LogP contribution >= 0.6 is 0 Å². The summed E-state index contributed by atoms with van der Waals surface area (Å²) >= 11 is 0. The number of alkyl halides is 2. The monoisotopic (exact) mass is 228 g/mol. The first kappa shape index (κ1) is 11.8. The highest BCUT2D eigenvalue weighted by Gasteiger charge is 2.48. The minimum absolute atomic E-state index is 0.145. The summed E-state index contributed by atoms with van der Waals surface area (Å²) in [6.45, 7) is 3.50. The van der Waals surface area contributed by atoms with Gasteiger partial charge in [-0.15, -0.1) is 0 Å². The third-order valence-electron chi connectivity index (χ3n) is 2.88. The van der Waals surface area contributed by atoms with Crippen LogP contribution in [0.1, 0.15) is 20.3 Å². The number of rotatable bonds is 3. The standard InChI is InChI=1S/C7H14F2N2O2S/c1-7(2)4(10)3-5(7)11-14(12,13)6(8)9/h4-6,11H,3,10H2,1-2H3. The van der Waals surface area contributed by atoms with E-state index in [-0.39, 0.29) is 6.04 Å². The van der Waals surface area contributed by atoms with Crippen molar-refractivity contribution in [2.45, 2.75) is 38.1 Å². The third kappa shape index (κ3) is 1.89. The summed E-state index contributed by atoms with van der Waals surface area (Å²) in [7, 11) is -4.49. The quantitative estimate of drug-likeness (QED) is 0.727. The zero-order chi connectivity index (χ0) is 11.1. The second-order valence-corrected chi connectivity index (χ2v) is 5.82. The van der Waals surface area contributed by atoms with E-state index in [0.29, 0.717) is 6.42 Å². The van der Waals surface area contributed by atoms with Gasteiger partial charge in [-0.05, 0) is 11.8 Å². The summed E-state index contributed by atoms with van der Waals surface area (Å²) in [6, 6.07) is -0.635. The Morgan fingerprint density at radius 1 is 1.50 bits per heavy atom. The minimum Gasteiger partial charge on any atom is -0.327 e. The van der Waals surface area contributed by atoms with Crippen LogP contribution in [0.25, 0.3) is 0 Å². The fourth-order valence-electron chi connectivity index (χ4n) is 1.41. The highest BCUT2D eigenvalue weighted by atomic mass is 32.2. The van der Waals surface area contributed by atoms with Crippen molar-refractivity contribution in [3.63, 3.8) is 0 Å². The molecule has 1 aliphatic rings. The molecule has 1 fully saturated rings. The van der Waals surface area contributed by atoms with E-state index in [4.69, 9.17) is 5.73 Å². The van der Waals surface area contributed by atoms with E-state index in [0.717, 1.165) is 0 Å². The summed E-state index contributed by atoms with van der Waals surface area (Å²) in [4.78, 5) is 0. The minimum atomic E-state index is -4.49. The smallest absolute Gasteiger partial charge is 0.327 e. The van der Waals surface area contributed by atoms with Gasteiger partial charge in [0.05, 0.1) is 0 Å². The van der Waals surface area contributed by atoms with Crippen molar-refractivity contribution >= 4 is 10.0 Å². The largest absolute Gasteiger partial charge is 0.350 e. The molecular formula is C7H14F2N2O2S. The molecule has 0 radical (unpaired) electrons. The van der Waals surface area contributed by atoms with E-state index in [1.54, 1.807) is 13.8 Å². The number of hydrogen-bond acceptors (Lipinski definition) is 3. The Kier molecular flexibility index (Phi) is 2.86. The lowest BCUT2D eigenvalue weighted by Crippen LogP contribution is -2.64. The summed E-state index contributed by atoms with van der Waals surface area (Å²) in [6.07, 6.45) is 0.402. The molecule has 1 aliphatic carbocycles. The van der Waals surface area contributed by atoms with Crippen molar-refractivity contribution < 1.29 is 17.2 Å². The van der Waals surface area contributed by atoms with Gasteiger partial charge >= 0.3 is 5.76 Å². The Bertz CT molecular complexity index is 316. The van der Waals surface area contributed by atoms with Crippen LogP contribution in [0.5, 0.6) is 0 Å².